The second-order valence-corrected chi connectivity index (χ2v) is 10.2. The maximum atomic E-state index is 5.65. The van der Waals surface area contributed by atoms with Crippen LogP contribution in [0.3, 0.4) is 0 Å². The zero-order valence-electron chi connectivity index (χ0n) is 22.4. The Balaban J connectivity index is 1.50. The number of nitrogens with zero attached hydrogens (tertiary/aromatic N) is 2. The molecule has 5 heteroatoms. The monoisotopic (exact) mass is 520 g/mol. The van der Waals surface area contributed by atoms with Crippen molar-refractivity contribution in [3.05, 3.63) is 124 Å². The third-order valence-electron chi connectivity index (χ3n) is 7.40. The molecule has 40 heavy (non-hydrogen) atoms. The molecule has 194 valence electrons. The molecule has 5 heterocycles. The maximum absolute atomic E-state index is 5.65. The second kappa shape index (κ2) is 9.86. The number of ether oxygens (including phenoxy) is 1. The van der Waals surface area contributed by atoms with Gasteiger partial charge in [-0.1, -0.05) is 48.0 Å². The molecule has 0 saturated carbocycles. The van der Waals surface area contributed by atoms with Crippen LogP contribution >= 0.6 is 0 Å². The van der Waals surface area contributed by atoms with E-state index in [1.165, 1.54) is 5.56 Å². The first-order valence-corrected chi connectivity index (χ1v) is 13.4. The number of para-hydroxylation sites is 1. The number of aryl methyl sites for hydroxylation is 1. The lowest BCUT2D eigenvalue weighted by Gasteiger charge is -2.09. The van der Waals surface area contributed by atoms with E-state index in [1.54, 1.807) is 7.11 Å². The summed E-state index contributed by atoms with van der Waals surface area (Å²) >= 11 is 0. The van der Waals surface area contributed by atoms with Crippen LogP contribution in [-0.4, -0.2) is 27.0 Å². The predicted octanol–water partition coefficient (Wildman–Crippen LogP) is 8.23. The molecule has 2 N–H and O–H groups in total. The Labute approximate surface area is 232 Å². The average Bonchev–Trinajstić information content (AvgIpc) is 3.78. The number of methoxy groups -OCH3 is 1. The highest BCUT2D eigenvalue weighted by atomic mass is 16.5. The van der Waals surface area contributed by atoms with Crippen molar-refractivity contribution < 1.29 is 4.74 Å². The highest BCUT2D eigenvalue weighted by molar-refractivity contribution is 5.93. The topological polar surface area (TPSA) is 66.6 Å². The molecule has 8 bridgehead atoms. The minimum Gasteiger partial charge on any atom is -0.496 e. The molecule has 0 amide bonds. The third kappa shape index (κ3) is 4.52. The van der Waals surface area contributed by atoms with Crippen LogP contribution in [0, 0.1) is 6.92 Å². The number of benzene rings is 2. The summed E-state index contributed by atoms with van der Waals surface area (Å²) in [5.74, 6) is 0.859. The van der Waals surface area contributed by atoms with Gasteiger partial charge in [-0.15, -0.1) is 0 Å². The molecule has 5 aromatic rings. The largest absolute Gasteiger partial charge is 0.496 e. The lowest BCUT2D eigenvalue weighted by Crippen LogP contribution is -1.98. The summed E-state index contributed by atoms with van der Waals surface area (Å²) in [6.45, 7) is 2.11. The van der Waals surface area contributed by atoms with Crippen LogP contribution in [0.25, 0.3) is 57.5 Å². The minimum atomic E-state index is 0.658. The van der Waals surface area contributed by atoms with E-state index in [1.807, 2.05) is 18.2 Å². The highest BCUT2D eigenvalue weighted by Crippen LogP contribution is 2.30. The van der Waals surface area contributed by atoms with Gasteiger partial charge in [-0.3, -0.25) is 0 Å². The smallest absolute Gasteiger partial charge is 0.122 e. The SMILES string of the molecule is COc1ccccc1Cc1c2nc(cc3ccc([nH]3)c(-c3ccc(C)cc3)c3ccc(cc4nc1C=C4)[nH]3)C=C2. The summed E-state index contributed by atoms with van der Waals surface area (Å²) in [6.07, 6.45) is 8.95. The quantitative estimate of drug-likeness (QED) is 0.246. The summed E-state index contributed by atoms with van der Waals surface area (Å²) in [7, 11) is 1.71. The lowest BCUT2D eigenvalue weighted by atomic mass is 10.0. The Bertz CT molecular complexity index is 1880. The number of hydrogen-bond donors (Lipinski definition) is 2. The summed E-state index contributed by atoms with van der Waals surface area (Å²) < 4.78 is 5.65. The standard InChI is InChI=1S/C35H28N4O/c1-22-7-9-23(10-8-22)35-32-17-13-27(38-32)20-25-11-15-30(36-25)29(19-24-5-3-4-6-34(24)40-2)31-16-12-26(37-31)21-28-14-18-33(35)39-28/h3-18,20-21,38-39H,19H2,1-2H3. The zero-order chi connectivity index (χ0) is 27.1. The Morgan fingerprint density at radius 2 is 1.27 bits per heavy atom. The fraction of sp³-hybridized carbons (Fsp3) is 0.0857. The number of H-pyrrole nitrogens is 2. The number of hydrogen-bond acceptors (Lipinski definition) is 3. The van der Waals surface area contributed by atoms with Crippen LogP contribution in [0.15, 0.2) is 84.9 Å². The van der Waals surface area contributed by atoms with Gasteiger partial charge in [0.2, 0.25) is 0 Å². The molecule has 3 aromatic heterocycles. The Kier molecular flexibility index (Phi) is 5.90. The van der Waals surface area contributed by atoms with Gasteiger partial charge in [0.15, 0.2) is 0 Å². The summed E-state index contributed by atoms with van der Waals surface area (Å²) in [5.41, 5.74) is 13.3. The van der Waals surface area contributed by atoms with E-state index in [2.05, 4.69) is 108 Å². The van der Waals surface area contributed by atoms with Gasteiger partial charge in [0.25, 0.3) is 0 Å². The van der Waals surface area contributed by atoms with Gasteiger partial charge in [-0.05, 0) is 84.8 Å². The van der Waals surface area contributed by atoms with Crippen molar-refractivity contribution in [1.82, 2.24) is 19.9 Å². The van der Waals surface area contributed by atoms with E-state index in [0.717, 1.165) is 72.8 Å². The van der Waals surface area contributed by atoms with Gasteiger partial charge in [-0.25, -0.2) is 9.97 Å². The fourth-order valence-corrected chi connectivity index (χ4v) is 5.38. The van der Waals surface area contributed by atoms with Crippen LogP contribution in [0.4, 0.5) is 0 Å². The van der Waals surface area contributed by atoms with Gasteiger partial charge in [0.05, 0.1) is 29.9 Å². The normalized spacial score (nSPS) is 12.2. The van der Waals surface area contributed by atoms with Crippen molar-refractivity contribution in [3.63, 3.8) is 0 Å². The average molecular weight is 521 g/mol. The molecule has 2 aliphatic rings. The van der Waals surface area contributed by atoms with E-state index in [9.17, 15) is 0 Å². The van der Waals surface area contributed by atoms with Gasteiger partial charge in [0, 0.05) is 39.6 Å². The minimum absolute atomic E-state index is 0.658. The van der Waals surface area contributed by atoms with E-state index in [0.29, 0.717) is 6.42 Å². The summed E-state index contributed by atoms with van der Waals surface area (Å²) in [6, 6.07) is 29.4. The first-order valence-electron chi connectivity index (χ1n) is 13.4. The Hall–Kier alpha value is -5.16. The maximum Gasteiger partial charge on any atom is 0.122 e. The van der Waals surface area contributed by atoms with Crippen LogP contribution in [0.1, 0.15) is 39.5 Å². The van der Waals surface area contributed by atoms with E-state index >= 15 is 0 Å². The van der Waals surface area contributed by atoms with Gasteiger partial charge < -0.3 is 14.7 Å². The molecule has 0 radical (unpaired) electrons. The predicted molar refractivity (Wildman–Crippen MR) is 165 cm³/mol. The molecule has 2 aromatic carbocycles. The number of fused-ring (bicyclic) bond motifs is 8. The van der Waals surface area contributed by atoms with E-state index in [-0.39, 0.29) is 0 Å². The summed E-state index contributed by atoms with van der Waals surface area (Å²) in [4.78, 5) is 17.3. The number of aromatic amines is 2. The van der Waals surface area contributed by atoms with Gasteiger partial charge >= 0.3 is 0 Å². The van der Waals surface area contributed by atoms with Crippen molar-refractivity contribution in [3.8, 4) is 16.9 Å². The second-order valence-electron chi connectivity index (χ2n) is 10.2. The molecule has 0 spiro atoms. The molecule has 5 nitrogen and oxygen atoms in total. The lowest BCUT2D eigenvalue weighted by molar-refractivity contribution is 0.410. The van der Waals surface area contributed by atoms with E-state index in [4.69, 9.17) is 14.7 Å². The Morgan fingerprint density at radius 1 is 0.675 bits per heavy atom. The Morgan fingerprint density at radius 3 is 1.88 bits per heavy atom. The molecule has 7 rings (SSSR count). The number of rotatable bonds is 4. The first kappa shape index (κ1) is 23.9. The molecule has 0 fully saturated rings. The van der Waals surface area contributed by atoms with Crippen molar-refractivity contribution in [2.75, 3.05) is 7.11 Å². The zero-order valence-corrected chi connectivity index (χ0v) is 22.4. The fourth-order valence-electron chi connectivity index (χ4n) is 5.38. The van der Waals surface area contributed by atoms with Crippen LogP contribution in [0.5, 0.6) is 5.75 Å². The molecule has 0 saturated heterocycles. The third-order valence-corrected chi connectivity index (χ3v) is 7.40. The van der Waals surface area contributed by atoms with Crippen molar-refractivity contribution in [1.29, 1.82) is 0 Å². The molecule has 0 aliphatic carbocycles. The molecule has 0 atom stereocenters. The van der Waals surface area contributed by atoms with Gasteiger partial charge in [0.1, 0.15) is 5.75 Å². The summed E-state index contributed by atoms with van der Waals surface area (Å²) in [5, 5.41) is 0. The molecule has 0 unspecified atom stereocenters. The van der Waals surface area contributed by atoms with Gasteiger partial charge in [-0.2, -0.15) is 0 Å². The molecular formula is C35H28N4O. The van der Waals surface area contributed by atoms with Crippen molar-refractivity contribution in [2.45, 2.75) is 13.3 Å². The molecule has 2 aliphatic heterocycles. The highest BCUT2D eigenvalue weighted by Gasteiger charge is 2.15. The number of aromatic nitrogens is 4. The number of nitrogens with one attached hydrogen (secondary N) is 2. The van der Waals surface area contributed by atoms with Crippen LogP contribution in [0.2, 0.25) is 0 Å². The van der Waals surface area contributed by atoms with Crippen molar-refractivity contribution in [2.24, 2.45) is 0 Å². The molecular weight excluding hydrogens is 492 g/mol. The van der Waals surface area contributed by atoms with Crippen molar-refractivity contribution >= 4 is 46.4 Å². The van der Waals surface area contributed by atoms with Crippen LogP contribution in [-0.2, 0) is 6.42 Å². The van der Waals surface area contributed by atoms with E-state index < -0.39 is 0 Å². The first-order chi connectivity index (χ1) is 19.6. The van der Waals surface area contributed by atoms with Crippen LogP contribution < -0.4 is 4.74 Å².